The van der Waals surface area contributed by atoms with Crippen molar-refractivity contribution in [3.63, 3.8) is 0 Å². The van der Waals surface area contributed by atoms with E-state index in [1.807, 2.05) is 66.7 Å². The first-order valence-electron chi connectivity index (χ1n) is 12.4. The van der Waals surface area contributed by atoms with E-state index >= 15 is 0 Å². The molecule has 0 spiro atoms. The van der Waals surface area contributed by atoms with Crippen LogP contribution in [0.3, 0.4) is 0 Å². The van der Waals surface area contributed by atoms with Crippen molar-refractivity contribution in [2.45, 2.75) is 18.7 Å². The summed E-state index contributed by atoms with van der Waals surface area (Å²) in [4.78, 5) is 47.0. The fourth-order valence-electron chi connectivity index (χ4n) is 5.00. The first kappa shape index (κ1) is 23.6. The summed E-state index contributed by atoms with van der Waals surface area (Å²) in [5.74, 6) is -1.41. The molecule has 3 atom stereocenters. The van der Waals surface area contributed by atoms with Crippen LogP contribution in [0.5, 0.6) is 5.75 Å². The van der Waals surface area contributed by atoms with Gasteiger partial charge in [-0.3, -0.25) is 19.3 Å². The molecule has 188 valence electrons. The largest absolute Gasteiger partial charge is 0.423 e. The predicted molar refractivity (Wildman–Crippen MR) is 140 cm³/mol. The SMILES string of the molecule is O=C(Oc1ccc([C@H]2[C@H]3C(=O)N(Cc4ccccc4)C(=O)[C@H]3ON2c2ccccc2)cc1)c1ccccc1. The number of hydrogen-bond acceptors (Lipinski definition) is 6. The molecule has 0 unspecified atom stereocenters. The van der Waals surface area contributed by atoms with E-state index < -0.39 is 24.0 Å². The van der Waals surface area contributed by atoms with Gasteiger partial charge in [-0.2, -0.15) is 0 Å². The van der Waals surface area contributed by atoms with Gasteiger partial charge < -0.3 is 4.74 Å². The number of anilines is 1. The molecule has 0 saturated carbocycles. The Balaban J connectivity index is 1.29. The van der Waals surface area contributed by atoms with Crippen LogP contribution in [0.25, 0.3) is 0 Å². The Morgan fingerprint density at radius 1 is 0.737 bits per heavy atom. The van der Waals surface area contributed by atoms with Crippen molar-refractivity contribution in [2.24, 2.45) is 5.92 Å². The Kier molecular flexibility index (Phi) is 6.19. The number of likely N-dealkylation sites (tertiary alicyclic amines) is 1. The number of fused-ring (bicyclic) bond motifs is 1. The summed E-state index contributed by atoms with van der Waals surface area (Å²) in [6, 6.07) is 34.0. The number of amides is 2. The molecule has 0 aromatic heterocycles. The molecule has 2 amide bonds. The van der Waals surface area contributed by atoms with E-state index in [2.05, 4.69) is 0 Å². The smallest absolute Gasteiger partial charge is 0.343 e. The van der Waals surface area contributed by atoms with Crippen molar-refractivity contribution in [2.75, 3.05) is 5.06 Å². The van der Waals surface area contributed by atoms with Crippen molar-refractivity contribution in [3.8, 4) is 5.75 Å². The summed E-state index contributed by atoms with van der Waals surface area (Å²) >= 11 is 0. The summed E-state index contributed by atoms with van der Waals surface area (Å²) in [6.07, 6.45) is -0.924. The van der Waals surface area contributed by atoms with Crippen LogP contribution in [-0.4, -0.2) is 28.8 Å². The topological polar surface area (TPSA) is 76.2 Å². The molecule has 2 aliphatic heterocycles. The number of carbonyl (C=O) groups is 3. The average molecular weight is 505 g/mol. The van der Waals surface area contributed by atoms with E-state index in [9.17, 15) is 14.4 Å². The molecule has 2 fully saturated rings. The van der Waals surface area contributed by atoms with Crippen molar-refractivity contribution in [1.82, 2.24) is 4.90 Å². The maximum atomic E-state index is 13.7. The van der Waals surface area contributed by atoms with Crippen molar-refractivity contribution in [1.29, 1.82) is 0 Å². The minimum Gasteiger partial charge on any atom is -0.423 e. The van der Waals surface area contributed by atoms with Crippen LogP contribution >= 0.6 is 0 Å². The average Bonchev–Trinajstić information content (AvgIpc) is 3.47. The zero-order valence-corrected chi connectivity index (χ0v) is 20.3. The lowest BCUT2D eigenvalue weighted by Gasteiger charge is -2.28. The van der Waals surface area contributed by atoms with Gasteiger partial charge in [0.25, 0.3) is 5.91 Å². The lowest BCUT2D eigenvalue weighted by molar-refractivity contribution is -0.143. The van der Waals surface area contributed by atoms with Gasteiger partial charge in [-0.25, -0.2) is 9.86 Å². The molecule has 2 heterocycles. The highest BCUT2D eigenvalue weighted by Gasteiger charge is 2.59. The number of imide groups is 1. The molecule has 2 saturated heterocycles. The van der Waals surface area contributed by atoms with Crippen LogP contribution < -0.4 is 9.80 Å². The van der Waals surface area contributed by atoms with Crippen LogP contribution in [0.2, 0.25) is 0 Å². The molecule has 2 aliphatic rings. The Bertz CT molecular complexity index is 1460. The van der Waals surface area contributed by atoms with Crippen molar-refractivity contribution < 1.29 is 24.0 Å². The van der Waals surface area contributed by atoms with Crippen molar-refractivity contribution in [3.05, 3.63) is 132 Å². The van der Waals surface area contributed by atoms with Crippen molar-refractivity contribution >= 4 is 23.5 Å². The van der Waals surface area contributed by atoms with Gasteiger partial charge in [0.2, 0.25) is 5.91 Å². The molecule has 6 rings (SSSR count). The van der Waals surface area contributed by atoms with Crippen LogP contribution in [-0.2, 0) is 21.0 Å². The predicted octanol–water partition coefficient (Wildman–Crippen LogP) is 4.95. The van der Waals surface area contributed by atoms with Crippen LogP contribution in [0, 0.1) is 5.92 Å². The molecule has 38 heavy (non-hydrogen) atoms. The first-order valence-corrected chi connectivity index (χ1v) is 12.4. The fourth-order valence-corrected chi connectivity index (χ4v) is 5.00. The second-order valence-corrected chi connectivity index (χ2v) is 9.23. The van der Waals surface area contributed by atoms with Gasteiger partial charge in [0.1, 0.15) is 11.7 Å². The van der Waals surface area contributed by atoms with E-state index in [1.165, 1.54) is 4.90 Å². The van der Waals surface area contributed by atoms with Gasteiger partial charge in [0.05, 0.1) is 23.8 Å². The first-order chi connectivity index (χ1) is 18.6. The minimum atomic E-state index is -0.924. The summed E-state index contributed by atoms with van der Waals surface area (Å²) in [5, 5.41) is 1.65. The molecule has 7 heteroatoms. The molecular weight excluding hydrogens is 480 g/mol. The number of esters is 1. The van der Waals surface area contributed by atoms with Gasteiger partial charge in [-0.15, -0.1) is 0 Å². The lowest BCUT2D eigenvalue weighted by Crippen LogP contribution is -2.36. The zero-order chi connectivity index (χ0) is 26.1. The normalized spacial score (nSPS) is 20.5. The Hall–Kier alpha value is -4.75. The van der Waals surface area contributed by atoms with E-state index in [4.69, 9.17) is 9.57 Å². The molecular formula is C31H24N2O5. The van der Waals surface area contributed by atoms with E-state index in [0.29, 0.717) is 11.3 Å². The summed E-state index contributed by atoms with van der Waals surface area (Å²) in [6.45, 7) is 0.196. The highest BCUT2D eigenvalue weighted by Crippen LogP contribution is 2.47. The second kappa shape index (κ2) is 9.95. The Morgan fingerprint density at radius 2 is 1.34 bits per heavy atom. The Morgan fingerprint density at radius 3 is 2.00 bits per heavy atom. The lowest BCUT2D eigenvalue weighted by atomic mass is 9.90. The number of nitrogens with zero attached hydrogens (tertiary/aromatic N) is 2. The highest BCUT2D eigenvalue weighted by molar-refractivity contribution is 6.07. The van der Waals surface area contributed by atoms with E-state index in [0.717, 1.165) is 16.8 Å². The molecule has 0 aliphatic carbocycles. The minimum absolute atomic E-state index is 0.196. The highest BCUT2D eigenvalue weighted by atomic mass is 16.7. The number of hydrogen-bond donors (Lipinski definition) is 0. The summed E-state index contributed by atoms with van der Waals surface area (Å²) in [7, 11) is 0. The van der Waals surface area contributed by atoms with Gasteiger partial charge >= 0.3 is 5.97 Å². The maximum Gasteiger partial charge on any atom is 0.343 e. The fraction of sp³-hybridized carbons (Fsp3) is 0.129. The summed E-state index contributed by atoms with van der Waals surface area (Å²) in [5.41, 5.74) is 2.83. The monoisotopic (exact) mass is 504 g/mol. The van der Waals surface area contributed by atoms with Gasteiger partial charge in [-0.1, -0.05) is 78.9 Å². The standard InChI is InChI=1S/C31H24N2O5/c34-29-26-27(22-16-18-25(19-17-22)37-31(36)23-12-6-2-7-13-23)33(24-14-8-3-9-15-24)38-28(26)30(35)32(29)20-21-10-4-1-5-11-21/h1-19,26-28H,20H2/t26-,27+,28+/m1/s1. The van der Waals surface area contributed by atoms with E-state index in [1.54, 1.807) is 53.6 Å². The maximum absolute atomic E-state index is 13.7. The molecule has 0 N–H and O–H groups in total. The van der Waals surface area contributed by atoms with Gasteiger partial charge in [0, 0.05) is 0 Å². The quantitative estimate of drug-likeness (QED) is 0.210. The second-order valence-electron chi connectivity index (χ2n) is 9.23. The molecule has 7 nitrogen and oxygen atoms in total. The van der Waals surface area contributed by atoms with E-state index in [-0.39, 0.29) is 18.4 Å². The molecule has 0 bridgehead atoms. The number of ether oxygens (including phenoxy) is 1. The molecule has 0 radical (unpaired) electrons. The summed E-state index contributed by atoms with van der Waals surface area (Å²) < 4.78 is 5.52. The zero-order valence-electron chi connectivity index (χ0n) is 20.3. The third-order valence-corrected chi connectivity index (χ3v) is 6.84. The number of rotatable bonds is 6. The number of hydroxylamine groups is 1. The van der Waals surface area contributed by atoms with Gasteiger partial charge in [-0.05, 0) is 47.5 Å². The number of carbonyl (C=O) groups excluding carboxylic acids is 3. The molecule has 4 aromatic rings. The van der Waals surface area contributed by atoms with Crippen LogP contribution in [0.15, 0.2) is 115 Å². The number of benzene rings is 4. The van der Waals surface area contributed by atoms with Crippen LogP contribution in [0.1, 0.15) is 27.5 Å². The number of para-hydroxylation sites is 1. The third-order valence-electron chi connectivity index (χ3n) is 6.84. The van der Waals surface area contributed by atoms with Gasteiger partial charge in [0.15, 0.2) is 6.10 Å². The molecule has 4 aromatic carbocycles. The third kappa shape index (κ3) is 4.33. The van der Waals surface area contributed by atoms with Crippen LogP contribution in [0.4, 0.5) is 5.69 Å². The Labute approximate surface area is 219 Å².